The van der Waals surface area contributed by atoms with Crippen LogP contribution in [0.2, 0.25) is 0 Å². The largest absolute Gasteiger partial charge is 0.316 e. The number of aromatic nitrogens is 2. The van der Waals surface area contributed by atoms with Crippen molar-refractivity contribution in [2.75, 3.05) is 13.1 Å². The lowest BCUT2D eigenvalue weighted by Gasteiger charge is -2.13. The van der Waals surface area contributed by atoms with E-state index < -0.39 is 0 Å². The maximum atomic E-state index is 4.76. The van der Waals surface area contributed by atoms with Crippen molar-refractivity contribution in [1.29, 1.82) is 0 Å². The molecule has 1 aliphatic rings. The fourth-order valence-corrected chi connectivity index (χ4v) is 2.91. The molecule has 1 atom stereocenters. The molecule has 0 aliphatic heterocycles. The maximum absolute atomic E-state index is 4.76. The summed E-state index contributed by atoms with van der Waals surface area (Å²) in [6, 6.07) is 2.88. The second-order valence-electron chi connectivity index (χ2n) is 6.59. The first-order valence-electron chi connectivity index (χ1n) is 7.90. The van der Waals surface area contributed by atoms with E-state index in [2.05, 4.69) is 43.0 Å². The van der Waals surface area contributed by atoms with Crippen LogP contribution in [0, 0.1) is 11.8 Å². The molecule has 1 aliphatic carbocycles. The number of rotatable bonds is 7. The summed E-state index contributed by atoms with van der Waals surface area (Å²) in [6.45, 7) is 9.01. The Kier molecular flexibility index (Phi) is 5.44. The Hall–Kier alpha value is -0.830. The van der Waals surface area contributed by atoms with Gasteiger partial charge in [-0.15, -0.1) is 0 Å². The molecular formula is C16H29N3. The van der Waals surface area contributed by atoms with Crippen molar-refractivity contribution < 1.29 is 0 Å². The molecule has 0 radical (unpaired) electrons. The van der Waals surface area contributed by atoms with Gasteiger partial charge in [-0.05, 0) is 50.3 Å². The zero-order valence-electron chi connectivity index (χ0n) is 12.7. The molecule has 0 spiro atoms. The molecule has 1 aromatic rings. The number of nitrogens with one attached hydrogen (secondary N) is 1. The molecule has 1 heterocycles. The Balaban J connectivity index is 1.75. The summed E-state index contributed by atoms with van der Waals surface area (Å²) in [5.41, 5.74) is 1.26. The molecule has 3 nitrogen and oxygen atoms in total. The van der Waals surface area contributed by atoms with E-state index in [1.54, 1.807) is 0 Å². The average molecular weight is 263 g/mol. The highest BCUT2D eigenvalue weighted by molar-refractivity contribution is 5.01. The number of nitrogens with zero attached hydrogens (tertiary/aromatic N) is 2. The van der Waals surface area contributed by atoms with Crippen LogP contribution in [0.25, 0.3) is 0 Å². The normalized spacial score (nSPS) is 18.3. The van der Waals surface area contributed by atoms with Gasteiger partial charge in [0.25, 0.3) is 0 Å². The lowest BCUT2D eigenvalue weighted by atomic mass is 10.1. The summed E-state index contributed by atoms with van der Waals surface area (Å²) in [7, 11) is 0. The summed E-state index contributed by atoms with van der Waals surface area (Å²) in [5.74, 6) is 1.39. The van der Waals surface area contributed by atoms with Gasteiger partial charge in [0.2, 0.25) is 0 Å². The third-order valence-corrected chi connectivity index (χ3v) is 3.97. The summed E-state index contributed by atoms with van der Waals surface area (Å²) < 4.78 is 2.20. The molecular weight excluding hydrogens is 234 g/mol. The van der Waals surface area contributed by atoms with Crippen molar-refractivity contribution >= 4 is 0 Å². The molecule has 19 heavy (non-hydrogen) atoms. The van der Waals surface area contributed by atoms with E-state index >= 15 is 0 Å². The van der Waals surface area contributed by atoms with Crippen LogP contribution in [0.5, 0.6) is 0 Å². The summed E-state index contributed by atoms with van der Waals surface area (Å²) in [6.07, 6.45) is 8.63. The highest BCUT2D eigenvalue weighted by Gasteiger charge is 2.17. The van der Waals surface area contributed by atoms with E-state index in [4.69, 9.17) is 5.10 Å². The van der Waals surface area contributed by atoms with Gasteiger partial charge < -0.3 is 5.32 Å². The lowest BCUT2D eigenvalue weighted by molar-refractivity contribution is 0.447. The van der Waals surface area contributed by atoms with Crippen LogP contribution in [0.1, 0.15) is 58.2 Å². The third-order valence-electron chi connectivity index (χ3n) is 3.97. The molecule has 3 heteroatoms. The Labute approximate surface area is 117 Å². The van der Waals surface area contributed by atoms with Crippen LogP contribution in [-0.4, -0.2) is 22.9 Å². The van der Waals surface area contributed by atoms with E-state index in [0.29, 0.717) is 12.0 Å². The van der Waals surface area contributed by atoms with Gasteiger partial charge in [-0.1, -0.05) is 33.6 Å². The lowest BCUT2D eigenvalue weighted by Crippen LogP contribution is -2.26. The van der Waals surface area contributed by atoms with Crippen LogP contribution in [0.15, 0.2) is 12.3 Å². The molecule has 108 valence electrons. The van der Waals surface area contributed by atoms with Crippen LogP contribution < -0.4 is 5.32 Å². The first-order chi connectivity index (χ1) is 9.15. The van der Waals surface area contributed by atoms with E-state index in [-0.39, 0.29) is 0 Å². The van der Waals surface area contributed by atoms with Crippen LogP contribution in [0.4, 0.5) is 0 Å². The van der Waals surface area contributed by atoms with Crippen LogP contribution >= 0.6 is 0 Å². The van der Waals surface area contributed by atoms with Gasteiger partial charge in [0, 0.05) is 6.20 Å². The van der Waals surface area contributed by atoms with Crippen LogP contribution in [0.3, 0.4) is 0 Å². The Bertz CT molecular complexity index is 364. The van der Waals surface area contributed by atoms with Gasteiger partial charge in [0.15, 0.2) is 0 Å². The minimum Gasteiger partial charge on any atom is -0.316 e. The van der Waals surface area contributed by atoms with Gasteiger partial charge in [0.1, 0.15) is 0 Å². The van der Waals surface area contributed by atoms with Crippen LogP contribution in [-0.2, 0) is 6.42 Å². The highest BCUT2D eigenvalue weighted by atomic mass is 15.3. The molecule has 0 saturated heterocycles. The third kappa shape index (κ3) is 4.64. The van der Waals surface area contributed by atoms with E-state index in [0.717, 1.165) is 25.4 Å². The van der Waals surface area contributed by atoms with Crippen molar-refractivity contribution in [3.05, 3.63) is 18.0 Å². The maximum Gasteiger partial charge on any atom is 0.0627 e. The molecule has 1 N–H and O–H groups in total. The molecule has 0 bridgehead atoms. The quantitative estimate of drug-likeness (QED) is 0.817. The van der Waals surface area contributed by atoms with Crippen molar-refractivity contribution in [3.63, 3.8) is 0 Å². The molecule has 0 amide bonds. The standard InChI is InChI=1S/C16H29N3/c1-13(2)11-17-12-14(3)10-15-8-9-19(18-15)16-6-4-5-7-16/h8-9,13-14,16-17H,4-7,10-12H2,1-3H3. The number of hydrogen-bond acceptors (Lipinski definition) is 2. The van der Waals surface area contributed by atoms with E-state index in [1.165, 1.54) is 31.4 Å². The summed E-state index contributed by atoms with van der Waals surface area (Å²) in [5, 5.41) is 8.30. The topological polar surface area (TPSA) is 29.9 Å². The van der Waals surface area contributed by atoms with Crippen molar-refractivity contribution in [1.82, 2.24) is 15.1 Å². The summed E-state index contributed by atoms with van der Waals surface area (Å²) >= 11 is 0. The predicted octanol–water partition coefficient (Wildman–Crippen LogP) is 3.42. The fourth-order valence-electron chi connectivity index (χ4n) is 2.91. The molecule has 1 aromatic heterocycles. The Morgan fingerprint density at radius 2 is 2.00 bits per heavy atom. The minimum absolute atomic E-state index is 0.658. The van der Waals surface area contributed by atoms with E-state index in [9.17, 15) is 0 Å². The summed E-state index contributed by atoms with van der Waals surface area (Å²) in [4.78, 5) is 0. The minimum atomic E-state index is 0.658. The molecule has 1 fully saturated rings. The Morgan fingerprint density at radius 3 is 2.68 bits per heavy atom. The second kappa shape index (κ2) is 7.09. The molecule has 2 rings (SSSR count). The van der Waals surface area contributed by atoms with Crippen molar-refractivity contribution in [2.24, 2.45) is 11.8 Å². The van der Waals surface area contributed by atoms with Crippen molar-refractivity contribution in [3.8, 4) is 0 Å². The Morgan fingerprint density at radius 1 is 1.26 bits per heavy atom. The van der Waals surface area contributed by atoms with Gasteiger partial charge in [-0.25, -0.2) is 0 Å². The van der Waals surface area contributed by atoms with Gasteiger partial charge in [-0.2, -0.15) is 5.10 Å². The second-order valence-corrected chi connectivity index (χ2v) is 6.59. The average Bonchev–Trinajstić information content (AvgIpc) is 2.97. The zero-order valence-corrected chi connectivity index (χ0v) is 12.7. The predicted molar refractivity (Wildman–Crippen MR) is 80.3 cm³/mol. The molecule has 0 aromatic carbocycles. The molecule has 1 unspecified atom stereocenters. The smallest absolute Gasteiger partial charge is 0.0627 e. The first kappa shape index (κ1) is 14.6. The monoisotopic (exact) mass is 263 g/mol. The molecule has 1 saturated carbocycles. The zero-order chi connectivity index (χ0) is 13.7. The van der Waals surface area contributed by atoms with Gasteiger partial charge >= 0.3 is 0 Å². The van der Waals surface area contributed by atoms with Gasteiger partial charge in [-0.3, -0.25) is 4.68 Å². The number of hydrogen-bond donors (Lipinski definition) is 1. The first-order valence-corrected chi connectivity index (χ1v) is 7.90. The SMILES string of the molecule is CC(C)CNCC(C)Cc1ccn(C2CCCC2)n1. The van der Waals surface area contributed by atoms with Crippen molar-refractivity contribution in [2.45, 2.75) is 58.9 Å². The van der Waals surface area contributed by atoms with Gasteiger partial charge in [0.05, 0.1) is 11.7 Å². The fraction of sp³-hybridized carbons (Fsp3) is 0.812. The highest BCUT2D eigenvalue weighted by Crippen LogP contribution is 2.28. The van der Waals surface area contributed by atoms with E-state index in [1.807, 2.05) is 0 Å².